The van der Waals surface area contributed by atoms with Crippen LogP contribution < -0.4 is 10.6 Å². The van der Waals surface area contributed by atoms with Crippen molar-refractivity contribution >= 4 is 11.6 Å². The summed E-state index contributed by atoms with van der Waals surface area (Å²) < 4.78 is 13.0. The van der Waals surface area contributed by atoms with Gasteiger partial charge in [-0.05, 0) is 29.7 Å². The van der Waals surface area contributed by atoms with Gasteiger partial charge in [-0.1, -0.05) is 26.7 Å². The molecule has 0 aliphatic carbocycles. The third-order valence-electron chi connectivity index (χ3n) is 4.03. The fourth-order valence-electron chi connectivity index (χ4n) is 2.54. The molecule has 1 aromatic rings. The van der Waals surface area contributed by atoms with E-state index in [1.807, 2.05) is 0 Å². The predicted octanol–water partition coefficient (Wildman–Crippen LogP) is 2.31. The van der Waals surface area contributed by atoms with E-state index in [9.17, 15) is 4.39 Å². The minimum absolute atomic E-state index is 0.116. The number of guanidine groups is 1. The average Bonchev–Trinajstić information content (AvgIpc) is 2.52. The van der Waals surface area contributed by atoms with Crippen LogP contribution in [0.15, 0.2) is 29.3 Å². The maximum Gasteiger partial charge on any atom is 0.192 e. The molecule has 124 valence electrons. The second kappa shape index (κ2) is 6.91. The summed E-state index contributed by atoms with van der Waals surface area (Å²) in [5.41, 5.74) is 7.05. The van der Waals surface area contributed by atoms with Crippen LogP contribution in [0.1, 0.15) is 20.8 Å². The third kappa shape index (κ3) is 4.38. The fourth-order valence-corrected chi connectivity index (χ4v) is 2.54. The first-order chi connectivity index (χ1) is 10.8. The van der Waals surface area contributed by atoms with Crippen molar-refractivity contribution in [3.63, 3.8) is 0 Å². The number of piperazine rings is 1. The molecule has 1 aromatic carbocycles. The minimum Gasteiger partial charge on any atom is -0.370 e. The summed E-state index contributed by atoms with van der Waals surface area (Å²) in [5.74, 6) is 3.00. The van der Waals surface area contributed by atoms with Gasteiger partial charge in [0.2, 0.25) is 0 Å². The number of nitrogens with zero attached hydrogens (tertiary/aromatic N) is 3. The lowest BCUT2D eigenvalue weighted by Crippen LogP contribution is -2.51. The van der Waals surface area contributed by atoms with Crippen molar-refractivity contribution in [3.05, 3.63) is 30.1 Å². The van der Waals surface area contributed by atoms with E-state index in [0.717, 1.165) is 31.9 Å². The minimum atomic E-state index is -0.238. The van der Waals surface area contributed by atoms with Crippen molar-refractivity contribution < 1.29 is 4.39 Å². The summed E-state index contributed by atoms with van der Waals surface area (Å²) in [5, 5.41) is 0. The molecule has 0 bridgehead atoms. The lowest BCUT2D eigenvalue weighted by molar-refractivity contribution is 0.354. The van der Waals surface area contributed by atoms with Crippen molar-refractivity contribution in [1.82, 2.24) is 4.90 Å². The van der Waals surface area contributed by atoms with Crippen LogP contribution in [0.2, 0.25) is 0 Å². The predicted molar refractivity (Wildman–Crippen MR) is 93.9 cm³/mol. The Morgan fingerprint density at radius 1 is 1.22 bits per heavy atom. The van der Waals surface area contributed by atoms with E-state index < -0.39 is 0 Å². The molecule has 2 N–H and O–H groups in total. The van der Waals surface area contributed by atoms with Gasteiger partial charge in [-0.2, -0.15) is 0 Å². The molecule has 0 amide bonds. The Balaban J connectivity index is 1.98. The van der Waals surface area contributed by atoms with E-state index in [-0.39, 0.29) is 17.3 Å². The summed E-state index contributed by atoms with van der Waals surface area (Å²) in [6.45, 7) is 9.35. The lowest BCUT2D eigenvalue weighted by atomic mass is 9.88. The number of nitrogens with two attached hydrogens (primary N) is 1. The number of rotatable bonds is 2. The van der Waals surface area contributed by atoms with E-state index in [2.05, 4.69) is 41.5 Å². The Morgan fingerprint density at radius 2 is 1.78 bits per heavy atom. The number of hydrogen-bond acceptors (Lipinski definition) is 2. The van der Waals surface area contributed by atoms with Gasteiger partial charge in [0.1, 0.15) is 11.9 Å². The molecule has 1 saturated heterocycles. The van der Waals surface area contributed by atoms with Gasteiger partial charge in [0, 0.05) is 31.9 Å². The Morgan fingerprint density at radius 3 is 2.26 bits per heavy atom. The first-order valence-electron chi connectivity index (χ1n) is 7.86. The molecular formula is C18H25FN4. The number of terminal acetylenes is 1. The maximum absolute atomic E-state index is 13.0. The quantitative estimate of drug-likeness (QED) is 0.517. The van der Waals surface area contributed by atoms with Crippen LogP contribution in [0.4, 0.5) is 10.1 Å². The van der Waals surface area contributed by atoms with Crippen molar-refractivity contribution in [3.8, 4) is 12.3 Å². The molecule has 1 aliphatic rings. The highest BCUT2D eigenvalue weighted by Crippen LogP contribution is 2.22. The summed E-state index contributed by atoms with van der Waals surface area (Å²) in [6, 6.07) is 6.33. The fraction of sp³-hybridized carbons (Fsp3) is 0.500. The van der Waals surface area contributed by atoms with E-state index in [4.69, 9.17) is 12.2 Å². The van der Waals surface area contributed by atoms with Crippen molar-refractivity contribution in [1.29, 1.82) is 0 Å². The van der Waals surface area contributed by atoms with Gasteiger partial charge in [-0.25, -0.2) is 9.38 Å². The maximum atomic E-state index is 13.0. The first-order valence-corrected chi connectivity index (χ1v) is 7.86. The monoisotopic (exact) mass is 316 g/mol. The van der Waals surface area contributed by atoms with Gasteiger partial charge in [-0.3, -0.25) is 0 Å². The molecule has 0 radical (unpaired) electrons. The lowest BCUT2D eigenvalue weighted by Gasteiger charge is -2.37. The van der Waals surface area contributed by atoms with Gasteiger partial charge < -0.3 is 15.5 Å². The third-order valence-corrected chi connectivity index (χ3v) is 4.03. The average molecular weight is 316 g/mol. The zero-order chi connectivity index (χ0) is 17.0. The summed E-state index contributed by atoms with van der Waals surface area (Å²) in [4.78, 5) is 8.78. The summed E-state index contributed by atoms with van der Waals surface area (Å²) in [6.07, 6.45) is 5.58. The molecular weight excluding hydrogens is 291 g/mol. The summed E-state index contributed by atoms with van der Waals surface area (Å²) in [7, 11) is 0. The zero-order valence-electron chi connectivity index (χ0n) is 14.1. The number of aliphatic imine (C=N–C) groups is 1. The standard InChI is InChI=1S/C18H25FN4/c1-5-16(18(2,3)4)21-17(20)23-12-10-22(11-13-23)15-8-6-14(19)7-9-15/h1,6-9,16H,10-13H2,2-4H3,(H2,20,21). The van der Waals surface area contributed by atoms with Gasteiger partial charge in [0.15, 0.2) is 5.96 Å². The van der Waals surface area contributed by atoms with Crippen LogP contribution in [-0.2, 0) is 0 Å². The Bertz CT molecular complexity index is 587. The van der Waals surface area contributed by atoms with Crippen molar-refractivity contribution in [2.24, 2.45) is 16.1 Å². The summed E-state index contributed by atoms with van der Waals surface area (Å²) >= 11 is 0. The molecule has 1 atom stereocenters. The van der Waals surface area contributed by atoms with Gasteiger partial charge in [0.05, 0.1) is 0 Å². The molecule has 2 rings (SSSR count). The van der Waals surface area contributed by atoms with Crippen molar-refractivity contribution in [2.75, 3.05) is 31.1 Å². The Hall–Kier alpha value is -2.22. The Labute approximate surface area is 138 Å². The van der Waals surface area contributed by atoms with Gasteiger partial charge in [-0.15, -0.1) is 6.42 Å². The normalized spacial score (nSPS) is 17.8. The van der Waals surface area contributed by atoms with E-state index in [0.29, 0.717) is 5.96 Å². The molecule has 1 aliphatic heterocycles. The Kier molecular flexibility index (Phi) is 5.15. The topological polar surface area (TPSA) is 44.9 Å². The second-order valence-electron chi connectivity index (χ2n) is 6.87. The first kappa shape index (κ1) is 17.1. The van der Waals surface area contributed by atoms with E-state index in [1.54, 1.807) is 12.1 Å². The van der Waals surface area contributed by atoms with Crippen LogP contribution in [0.5, 0.6) is 0 Å². The second-order valence-corrected chi connectivity index (χ2v) is 6.87. The van der Waals surface area contributed by atoms with E-state index in [1.165, 1.54) is 12.1 Å². The zero-order valence-corrected chi connectivity index (χ0v) is 14.1. The molecule has 0 saturated carbocycles. The SMILES string of the molecule is C#CC(N=C(N)N1CCN(c2ccc(F)cc2)CC1)C(C)(C)C. The van der Waals surface area contributed by atoms with Crippen LogP contribution in [-0.4, -0.2) is 43.1 Å². The molecule has 4 nitrogen and oxygen atoms in total. The number of hydrogen-bond donors (Lipinski definition) is 1. The highest BCUT2D eigenvalue weighted by atomic mass is 19.1. The number of benzene rings is 1. The largest absolute Gasteiger partial charge is 0.370 e. The molecule has 23 heavy (non-hydrogen) atoms. The number of anilines is 1. The highest BCUT2D eigenvalue weighted by Gasteiger charge is 2.24. The van der Waals surface area contributed by atoms with Gasteiger partial charge in [0.25, 0.3) is 0 Å². The molecule has 5 heteroatoms. The molecule has 0 aromatic heterocycles. The molecule has 1 unspecified atom stereocenters. The van der Waals surface area contributed by atoms with Gasteiger partial charge >= 0.3 is 0 Å². The van der Waals surface area contributed by atoms with Crippen LogP contribution in [0, 0.1) is 23.6 Å². The molecule has 1 heterocycles. The van der Waals surface area contributed by atoms with Crippen LogP contribution >= 0.6 is 0 Å². The number of halogens is 1. The van der Waals surface area contributed by atoms with Crippen molar-refractivity contribution in [2.45, 2.75) is 26.8 Å². The highest BCUT2D eigenvalue weighted by molar-refractivity contribution is 5.79. The van der Waals surface area contributed by atoms with Crippen LogP contribution in [0.3, 0.4) is 0 Å². The van der Waals surface area contributed by atoms with E-state index >= 15 is 0 Å². The molecule has 0 spiro atoms. The van der Waals surface area contributed by atoms with Crippen LogP contribution in [0.25, 0.3) is 0 Å². The smallest absolute Gasteiger partial charge is 0.192 e. The molecule has 1 fully saturated rings.